The lowest BCUT2D eigenvalue weighted by Crippen LogP contribution is -2.24. The first kappa shape index (κ1) is 19.6. The molecular weight excluding hydrogens is 390 g/mol. The lowest BCUT2D eigenvalue weighted by molar-refractivity contribution is 0.0855. The second-order valence-corrected chi connectivity index (χ2v) is 6.82. The molecule has 0 saturated heterocycles. The molecule has 1 heterocycles. The van der Waals surface area contributed by atoms with Gasteiger partial charge in [-0.05, 0) is 29.8 Å². The van der Waals surface area contributed by atoms with E-state index in [4.69, 9.17) is 0 Å². The van der Waals surface area contributed by atoms with Crippen LogP contribution in [0.3, 0.4) is 0 Å². The minimum Gasteiger partial charge on any atom is -0.392 e. The Bertz CT molecular complexity index is 1230. The summed E-state index contributed by atoms with van der Waals surface area (Å²) in [4.78, 5) is 33.7. The van der Waals surface area contributed by atoms with Gasteiger partial charge in [-0.1, -0.05) is 36.4 Å². The number of aliphatic hydroxyl groups excluding tert-OH is 1. The molecule has 1 unspecified atom stereocenters. The number of aromatic amines is 1. The largest absolute Gasteiger partial charge is 0.392 e. The van der Waals surface area contributed by atoms with Crippen LogP contribution in [0.4, 0.5) is 8.78 Å². The number of ketones is 2. The van der Waals surface area contributed by atoms with Crippen molar-refractivity contribution in [2.24, 2.45) is 0 Å². The summed E-state index contributed by atoms with van der Waals surface area (Å²) in [5, 5.41) is 9.33. The van der Waals surface area contributed by atoms with Gasteiger partial charge in [-0.15, -0.1) is 0 Å². The number of aliphatic hydroxyl groups is 1. The summed E-state index contributed by atoms with van der Waals surface area (Å²) in [6.07, 6.45) is 0. The maximum absolute atomic E-state index is 13.7. The molecule has 0 aliphatic carbocycles. The molecule has 4 aromatic rings. The molecule has 0 radical (unpaired) electrons. The van der Waals surface area contributed by atoms with Gasteiger partial charge in [0.05, 0.1) is 17.6 Å². The molecule has 30 heavy (non-hydrogen) atoms. The van der Waals surface area contributed by atoms with E-state index in [1.807, 2.05) is 0 Å². The third-order valence-electron chi connectivity index (χ3n) is 4.75. The Kier molecular flexibility index (Phi) is 5.20. The molecule has 0 fully saturated rings. The number of nitrogens with one attached hydrogen (secondary N) is 1. The number of H-pyrrole nitrogens is 1. The minimum absolute atomic E-state index is 0.0589. The number of carbonyl (C=O) groups is 2. The summed E-state index contributed by atoms with van der Waals surface area (Å²) in [6, 6.07) is 15.6. The topological polar surface area (TPSA) is 83.1 Å². The van der Waals surface area contributed by atoms with Crippen molar-refractivity contribution in [2.45, 2.75) is 12.5 Å². The molecule has 5 nitrogen and oxygen atoms in total. The Morgan fingerprint density at radius 2 is 1.57 bits per heavy atom. The van der Waals surface area contributed by atoms with Gasteiger partial charge in [-0.2, -0.15) is 0 Å². The van der Waals surface area contributed by atoms with E-state index in [0.717, 1.165) is 12.1 Å². The van der Waals surface area contributed by atoms with Gasteiger partial charge in [0, 0.05) is 17.2 Å². The first-order valence-corrected chi connectivity index (χ1v) is 9.15. The maximum Gasteiger partial charge on any atom is 0.181 e. The second-order valence-electron chi connectivity index (χ2n) is 6.82. The number of fused-ring (bicyclic) bond motifs is 1. The zero-order valence-electron chi connectivity index (χ0n) is 15.6. The highest BCUT2D eigenvalue weighted by atomic mass is 19.1. The van der Waals surface area contributed by atoms with Crippen LogP contribution >= 0.6 is 0 Å². The van der Waals surface area contributed by atoms with E-state index in [1.165, 1.54) is 0 Å². The molecule has 150 valence electrons. The number of carbonyl (C=O) groups excluding carboxylic acids is 2. The van der Waals surface area contributed by atoms with E-state index in [0.29, 0.717) is 22.7 Å². The predicted octanol–water partition coefficient (Wildman–Crippen LogP) is 4.18. The molecule has 1 aromatic heterocycles. The standard InChI is InChI=1S/C23H16F2N2O3/c24-16-9-15(10-17(25)11-16)22(30)20(21(29)14-4-2-1-3-5-14)23-26-18-7-6-13(12-28)8-19(18)27-23/h1-11,20,28H,12H2,(H,26,27). The number of hydrogen-bond donors (Lipinski definition) is 2. The average molecular weight is 406 g/mol. The smallest absolute Gasteiger partial charge is 0.181 e. The third-order valence-corrected chi connectivity index (χ3v) is 4.75. The second kappa shape index (κ2) is 7.96. The van der Waals surface area contributed by atoms with Crippen LogP contribution in [0.2, 0.25) is 0 Å². The van der Waals surface area contributed by atoms with Crippen LogP contribution in [-0.2, 0) is 6.61 Å². The van der Waals surface area contributed by atoms with E-state index >= 15 is 0 Å². The molecule has 0 spiro atoms. The fourth-order valence-corrected chi connectivity index (χ4v) is 3.31. The molecule has 0 amide bonds. The van der Waals surface area contributed by atoms with Crippen molar-refractivity contribution in [1.82, 2.24) is 9.97 Å². The van der Waals surface area contributed by atoms with Gasteiger partial charge in [-0.25, -0.2) is 13.8 Å². The molecule has 0 aliphatic heterocycles. The van der Waals surface area contributed by atoms with Gasteiger partial charge in [0.15, 0.2) is 11.6 Å². The number of aromatic nitrogens is 2. The summed E-state index contributed by atoms with van der Waals surface area (Å²) < 4.78 is 27.4. The first-order chi connectivity index (χ1) is 14.5. The van der Waals surface area contributed by atoms with Crippen LogP contribution in [0.5, 0.6) is 0 Å². The Balaban J connectivity index is 1.85. The highest BCUT2D eigenvalue weighted by Gasteiger charge is 2.33. The van der Waals surface area contributed by atoms with Crippen LogP contribution in [0, 0.1) is 11.6 Å². The Morgan fingerprint density at radius 1 is 0.900 bits per heavy atom. The van der Waals surface area contributed by atoms with Crippen LogP contribution in [0.1, 0.15) is 38.0 Å². The third kappa shape index (κ3) is 3.75. The fraction of sp³-hybridized carbons (Fsp3) is 0.0870. The van der Waals surface area contributed by atoms with Crippen molar-refractivity contribution in [2.75, 3.05) is 0 Å². The van der Waals surface area contributed by atoms with E-state index in [-0.39, 0.29) is 23.6 Å². The average Bonchev–Trinajstić information content (AvgIpc) is 3.16. The minimum atomic E-state index is -1.42. The van der Waals surface area contributed by atoms with Gasteiger partial charge < -0.3 is 10.1 Å². The van der Waals surface area contributed by atoms with Gasteiger partial charge in [-0.3, -0.25) is 9.59 Å². The summed E-state index contributed by atoms with van der Waals surface area (Å²) >= 11 is 0. The van der Waals surface area contributed by atoms with E-state index in [9.17, 15) is 23.5 Å². The number of halogens is 2. The first-order valence-electron chi connectivity index (χ1n) is 9.15. The highest BCUT2D eigenvalue weighted by Crippen LogP contribution is 2.27. The van der Waals surface area contributed by atoms with Crippen LogP contribution in [-0.4, -0.2) is 26.6 Å². The Labute approximate surface area is 170 Å². The normalized spacial score (nSPS) is 12.1. The quantitative estimate of drug-likeness (QED) is 0.372. The molecular formula is C23H16F2N2O3. The molecule has 0 bridgehead atoms. The molecule has 0 saturated carbocycles. The monoisotopic (exact) mass is 406 g/mol. The maximum atomic E-state index is 13.7. The number of hydrogen-bond acceptors (Lipinski definition) is 4. The lowest BCUT2D eigenvalue weighted by atomic mass is 9.89. The number of benzene rings is 3. The molecule has 2 N–H and O–H groups in total. The summed E-state index contributed by atoms with van der Waals surface area (Å²) in [7, 11) is 0. The van der Waals surface area contributed by atoms with Crippen molar-refractivity contribution in [3.63, 3.8) is 0 Å². The fourth-order valence-electron chi connectivity index (χ4n) is 3.31. The zero-order valence-corrected chi connectivity index (χ0v) is 15.6. The van der Waals surface area contributed by atoms with Gasteiger partial charge >= 0.3 is 0 Å². The summed E-state index contributed by atoms with van der Waals surface area (Å²) in [6.45, 7) is -0.182. The van der Waals surface area contributed by atoms with Crippen molar-refractivity contribution in [1.29, 1.82) is 0 Å². The molecule has 1 atom stereocenters. The summed E-state index contributed by atoms with van der Waals surface area (Å²) in [5.41, 5.74) is 1.65. The van der Waals surface area contributed by atoms with Crippen molar-refractivity contribution in [3.8, 4) is 0 Å². The number of rotatable bonds is 6. The van der Waals surface area contributed by atoms with Crippen LogP contribution < -0.4 is 0 Å². The number of imidazole rings is 1. The van der Waals surface area contributed by atoms with Crippen LogP contribution in [0.15, 0.2) is 66.7 Å². The van der Waals surface area contributed by atoms with Crippen molar-refractivity contribution in [3.05, 3.63) is 101 Å². The molecule has 3 aromatic carbocycles. The van der Waals surface area contributed by atoms with Crippen LogP contribution in [0.25, 0.3) is 11.0 Å². The van der Waals surface area contributed by atoms with Crippen molar-refractivity contribution >= 4 is 22.6 Å². The lowest BCUT2D eigenvalue weighted by Gasteiger charge is -2.13. The highest BCUT2D eigenvalue weighted by molar-refractivity contribution is 6.19. The zero-order chi connectivity index (χ0) is 21.3. The van der Waals surface area contributed by atoms with Gasteiger partial charge in [0.25, 0.3) is 0 Å². The molecule has 4 rings (SSSR count). The number of Topliss-reactive ketones (excluding diaryl/α,β-unsaturated/α-hetero) is 2. The van der Waals surface area contributed by atoms with Gasteiger partial charge in [0.1, 0.15) is 23.4 Å². The Morgan fingerprint density at radius 3 is 2.23 bits per heavy atom. The SMILES string of the molecule is O=C(c1ccccc1)C(C(=O)c1cc(F)cc(F)c1)c1nc2ccc(CO)cc2[nH]1. The van der Waals surface area contributed by atoms with E-state index in [1.54, 1.807) is 48.5 Å². The van der Waals surface area contributed by atoms with E-state index in [2.05, 4.69) is 9.97 Å². The van der Waals surface area contributed by atoms with Crippen molar-refractivity contribution < 1.29 is 23.5 Å². The number of nitrogens with zero attached hydrogens (tertiary/aromatic N) is 1. The molecule has 0 aliphatic rings. The molecule has 7 heteroatoms. The Hall–Kier alpha value is -3.71. The van der Waals surface area contributed by atoms with Gasteiger partial charge in [0.2, 0.25) is 0 Å². The predicted molar refractivity (Wildman–Crippen MR) is 106 cm³/mol. The summed E-state index contributed by atoms with van der Waals surface area (Å²) in [5.74, 6) is -4.51. The van der Waals surface area contributed by atoms with E-state index < -0.39 is 29.1 Å².